The second-order valence-corrected chi connectivity index (χ2v) is 7.76. The summed E-state index contributed by atoms with van der Waals surface area (Å²) in [5.41, 5.74) is 2.67. The highest BCUT2D eigenvalue weighted by Crippen LogP contribution is 2.22. The summed E-state index contributed by atoms with van der Waals surface area (Å²) in [6.07, 6.45) is 2.10. The lowest BCUT2D eigenvalue weighted by Gasteiger charge is -2.27. The summed E-state index contributed by atoms with van der Waals surface area (Å²) in [7, 11) is 1.81. The molecule has 1 aliphatic rings. The number of guanidine groups is 1. The van der Waals surface area contributed by atoms with Gasteiger partial charge in [-0.1, -0.05) is 43.7 Å². The number of ether oxygens (including phenoxy) is 2. The number of rotatable bonds is 9. The van der Waals surface area contributed by atoms with Crippen LogP contribution >= 0.6 is 0 Å². The van der Waals surface area contributed by atoms with Crippen molar-refractivity contribution >= 4 is 5.96 Å². The third-order valence-electron chi connectivity index (χ3n) is 4.86. The number of benzene rings is 1. The summed E-state index contributed by atoms with van der Waals surface area (Å²) in [5, 5.41) is 6.81. The predicted octanol–water partition coefficient (Wildman–Crippen LogP) is 2.88. The van der Waals surface area contributed by atoms with E-state index >= 15 is 0 Å². The van der Waals surface area contributed by atoms with Gasteiger partial charge < -0.3 is 20.1 Å². The molecule has 1 unspecified atom stereocenters. The van der Waals surface area contributed by atoms with Gasteiger partial charge in [0.05, 0.1) is 13.2 Å². The van der Waals surface area contributed by atoms with Gasteiger partial charge in [-0.25, -0.2) is 0 Å². The second-order valence-electron chi connectivity index (χ2n) is 7.76. The number of aryl methyl sites for hydroxylation is 1. The number of hydrogen-bond donors (Lipinski definition) is 2. The standard InChI is InChI=1S/C21H35N3O2/c1-17-7-5-8-19(13-17)21(2,3)16-24-20(22-4)23-10-6-11-25-14-18-9-12-26-15-18/h5,7-8,13,18H,6,9-12,14-16H2,1-4H3,(H2,22,23,24). The fraction of sp³-hybridized carbons (Fsp3) is 0.667. The van der Waals surface area contributed by atoms with Gasteiger partial charge in [0, 0.05) is 44.7 Å². The predicted molar refractivity (Wildman–Crippen MR) is 108 cm³/mol. The molecule has 2 N–H and O–H groups in total. The number of nitrogens with zero attached hydrogens (tertiary/aromatic N) is 1. The second kappa shape index (κ2) is 10.5. The minimum Gasteiger partial charge on any atom is -0.381 e. The quantitative estimate of drug-likeness (QED) is 0.403. The fourth-order valence-electron chi connectivity index (χ4n) is 3.04. The van der Waals surface area contributed by atoms with Gasteiger partial charge in [0.1, 0.15) is 0 Å². The topological polar surface area (TPSA) is 54.9 Å². The molecule has 1 aliphatic heterocycles. The van der Waals surface area contributed by atoms with E-state index in [1.54, 1.807) is 0 Å². The van der Waals surface area contributed by atoms with Gasteiger partial charge in [-0.15, -0.1) is 0 Å². The van der Waals surface area contributed by atoms with Crippen molar-refractivity contribution in [3.05, 3.63) is 35.4 Å². The van der Waals surface area contributed by atoms with Gasteiger partial charge in [0.25, 0.3) is 0 Å². The molecule has 1 aromatic carbocycles. The molecule has 0 aromatic heterocycles. The first kappa shape index (κ1) is 20.7. The smallest absolute Gasteiger partial charge is 0.191 e. The number of aliphatic imine (C=N–C) groups is 1. The van der Waals surface area contributed by atoms with Crippen LogP contribution in [0.15, 0.2) is 29.3 Å². The molecule has 0 spiro atoms. The lowest BCUT2D eigenvalue weighted by molar-refractivity contribution is 0.0888. The van der Waals surface area contributed by atoms with Gasteiger partial charge in [-0.3, -0.25) is 4.99 Å². The molecule has 0 bridgehead atoms. The largest absolute Gasteiger partial charge is 0.381 e. The zero-order chi connectivity index (χ0) is 18.8. The van der Waals surface area contributed by atoms with Crippen molar-refractivity contribution < 1.29 is 9.47 Å². The lowest BCUT2D eigenvalue weighted by Crippen LogP contribution is -2.43. The van der Waals surface area contributed by atoms with Gasteiger partial charge in [0.2, 0.25) is 0 Å². The molecule has 26 heavy (non-hydrogen) atoms. The van der Waals surface area contributed by atoms with Crippen LogP contribution in [0.25, 0.3) is 0 Å². The summed E-state index contributed by atoms with van der Waals surface area (Å²) in [6.45, 7) is 11.6. The maximum Gasteiger partial charge on any atom is 0.191 e. The van der Waals surface area contributed by atoms with E-state index in [1.807, 2.05) is 7.05 Å². The molecular weight excluding hydrogens is 326 g/mol. The van der Waals surface area contributed by atoms with Crippen LogP contribution < -0.4 is 10.6 Å². The van der Waals surface area contributed by atoms with Gasteiger partial charge in [-0.05, 0) is 25.3 Å². The summed E-state index contributed by atoms with van der Waals surface area (Å²) >= 11 is 0. The third kappa shape index (κ3) is 6.96. The molecule has 1 aromatic rings. The maximum absolute atomic E-state index is 5.74. The zero-order valence-electron chi connectivity index (χ0n) is 16.8. The van der Waals surface area contributed by atoms with E-state index < -0.39 is 0 Å². The molecule has 1 heterocycles. The van der Waals surface area contributed by atoms with Crippen LogP contribution in [0.1, 0.15) is 37.8 Å². The van der Waals surface area contributed by atoms with Crippen molar-refractivity contribution in [2.24, 2.45) is 10.9 Å². The average molecular weight is 362 g/mol. The van der Waals surface area contributed by atoms with Crippen molar-refractivity contribution in [3.8, 4) is 0 Å². The fourth-order valence-corrected chi connectivity index (χ4v) is 3.04. The zero-order valence-corrected chi connectivity index (χ0v) is 16.8. The maximum atomic E-state index is 5.74. The summed E-state index contributed by atoms with van der Waals surface area (Å²) < 4.78 is 11.1. The molecule has 1 fully saturated rings. The Labute approximate surface area is 158 Å². The van der Waals surface area contributed by atoms with E-state index in [-0.39, 0.29) is 5.41 Å². The molecule has 146 valence electrons. The summed E-state index contributed by atoms with van der Waals surface area (Å²) in [4.78, 5) is 4.32. The van der Waals surface area contributed by atoms with Crippen molar-refractivity contribution in [2.75, 3.05) is 46.6 Å². The highest BCUT2D eigenvalue weighted by atomic mass is 16.5. The van der Waals surface area contributed by atoms with E-state index in [4.69, 9.17) is 9.47 Å². The Morgan fingerprint density at radius 3 is 2.88 bits per heavy atom. The van der Waals surface area contributed by atoms with Crippen LogP contribution in [0.3, 0.4) is 0 Å². The van der Waals surface area contributed by atoms with Gasteiger partial charge in [0.15, 0.2) is 5.96 Å². The van der Waals surface area contributed by atoms with Crippen molar-refractivity contribution in [3.63, 3.8) is 0 Å². The van der Waals surface area contributed by atoms with Crippen LogP contribution in [0.4, 0.5) is 0 Å². The molecule has 5 heteroatoms. The van der Waals surface area contributed by atoms with Crippen LogP contribution in [0.2, 0.25) is 0 Å². The number of hydrogen-bond acceptors (Lipinski definition) is 3. The molecule has 0 amide bonds. The van der Waals surface area contributed by atoms with E-state index in [9.17, 15) is 0 Å². The highest BCUT2D eigenvalue weighted by molar-refractivity contribution is 5.79. The molecule has 0 saturated carbocycles. The third-order valence-corrected chi connectivity index (χ3v) is 4.86. The first-order valence-electron chi connectivity index (χ1n) is 9.68. The van der Waals surface area contributed by atoms with E-state index in [1.165, 1.54) is 11.1 Å². The Kier molecular flexibility index (Phi) is 8.39. The molecule has 5 nitrogen and oxygen atoms in total. The van der Waals surface area contributed by atoms with Crippen LogP contribution in [-0.2, 0) is 14.9 Å². The normalized spacial score (nSPS) is 18.2. The Hall–Kier alpha value is -1.59. The Bertz CT molecular complexity index is 566. The Balaban J connectivity index is 1.63. The highest BCUT2D eigenvalue weighted by Gasteiger charge is 2.21. The van der Waals surface area contributed by atoms with Crippen molar-refractivity contribution in [1.29, 1.82) is 0 Å². The van der Waals surface area contributed by atoms with Crippen LogP contribution in [0.5, 0.6) is 0 Å². The molecule has 0 radical (unpaired) electrons. The summed E-state index contributed by atoms with van der Waals surface area (Å²) in [6, 6.07) is 8.70. The van der Waals surface area contributed by atoms with Crippen molar-refractivity contribution in [2.45, 2.75) is 39.0 Å². The monoisotopic (exact) mass is 361 g/mol. The van der Waals surface area contributed by atoms with E-state index in [2.05, 4.69) is 60.7 Å². The van der Waals surface area contributed by atoms with E-state index in [0.29, 0.717) is 5.92 Å². The molecule has 2 rings (SSSR count). The molecule has 0 aliphatic carbocycles. The first-order chi connectivity index (χ1) is 12.5. The minimum absolute atomic E-state index is 0.0378. The SMILES string of the molecule is CN=C(NCCCOCC1CCOC1)NCC(C)(C)c1cccc(C)c1. The summed E-state index contributed by atoms with van der Waals surface area (Å²) in [5.74, 6) is 1.43. The molecule has 1 saturated heterocycles. The molecular formula is C21H35N3O2. The van der Waals surface area contributed by atoms with Crippen molar-refractivity contribution in [1.82, 2.24) is 10.6 Å². The Morgan fingerprint density at radius 1 is 1.35 bits per heavy atom. The minimum atomic E-state index is 0.0378. The average Bonchev–Trinajstić information content (AvgIpc) is 3.14. The number of nitrogens with one attached hydrogen (secondary N) is 2. The molecule has 1 atom stereocenters. The van der Waals surface area contributed by atoms with Crippen LogP contribution in [-0.4, -0.2) is 52.5 Å². The Morgan fingerprint density at radius 2 is 2.19 bits per heavy atom. The van der Waals surface area contributed by atoms with Gasteiger partial charge in [-0.2, -0.15) is 0 Å². The first-order valence-corrected chi connectivity index (χ1v) is 9.68. The van der Waals surface area contributed by atoms with Gasteiger partial charge >= 0.3 is 0 Å². The lowest BCUT2D eigenvalue weighted by atomic mass is 9.84. The van der Waals surface area contributed by atoms with E-state index in [0.717, 1.165) is 58.3 Å². The van der Waals surface area contributed by atoms with Crippen LogP contribution in [0, 0.1) is 12.8 Å².